The smallest absolute Gasteiger partial charge is 0.0292 e. The molecular weight excluding hydrogens is 132 g/mol. The molecule has 0 aromatic heterocycles. The average Bonchev–Trinajstić information content (AvgIpc) is 2.01. The maximum atomic E-state index is 3.68. The molecule has 0 aromatic carbocycles. The van der Waals surface area contributed by atoms with E-state index in [1.807, 2.05) is 6.08 Å². The number of allylic oxidation sites excluding steroid dienone is 3. The molecule has 0 heterocycles. The second-order valence-electron chi connectivity index (χ2n) is 3.14. The Morgan fingerprint density at radius 1 is 1.36 bits per heavy atom. The van der Waals surface area contributed by atoms with E-state index >= 15 is 0 Å². The first-order chi connectivity index (χ1) is 5.24. The highest BCUT2D eigenvalue weighted by Crippen LogP contribution is 2.17. The summed E-state index contributed by atoms with van der Waals surface area (Å²) >= 11 is 0. The van der Waals surface area contributed by atoms with Crippen LogP contribution in [0, 0.1) is 5.92 Å². The lowest BCUT2D eigenvalue weighted by Gasteiger charge is -2.11. The molecule has 0 aliphatic carbocycles. The van der Waals surface area contributed by atoms with Gasteiger partial charge in [-0.2, -0.15) is 0 Å². The van der Waals surface area contributed by atoms with E-state index in [9.17, 15) is 0 Å². The Balaban J connectivity index is 3.80. The van der Waals surface area contributed by atoms with Crippen molar-refractivity contribution in [2.75, 3.05) is 0 Å². The first-order valence-corrected chi connectivity index (χ1v) is 4.52. The van der Waals surface area contributed by atoms with Crippen molar-refractivity contribution < 1.29 is 0 Å². The summed E-state index contributed by atoms with van der Waals surface area (Å²) < 4.78 is 0. The third-order valence-electron chi connectivity index (χ3n) is 2.17. The van der Waals surface area contributed by atoms with E-state index in [1.54, 1.807) is 0 Å². The Hall–Kier alpha value is -0.520. The summed E-state index contributed by atoms with van der Waals surface area (Å²) in [4.78, 5) is 0. The summed E-state index contributed by atoms with van der Waals surface area (Å²) in [5, 5.41) is 0. The lowest BCUT2D eigenvalue weighted by molar-refractivity contribution is 0.488. The van der Waals surface area contributed by atoms with Gasteiger partial charge < -0.3 is 0 Å². The molecule has 0 rings (SSSR count). The van der Waals surface area contributed by atoms with Crippen LogP contribution in [0.15, 0.2) is 24.3 Å². The molecule has 0 heteroatoms. The summed E-state index contributed by atoms with van der Waals surface area (Å²) in [5.74, 6) is 0.867. The van der Waals surface area contributed by atoms with E-state index in [2.05, 4.69) is 33.4 Å². The monoisotopic (exact) mass is 152 g/mol. The summed E-state index contributed by atoms with van der Waals surface area (Å²) in [5.41, 5.74) is 1.45. The fourth-order valence-electron chi connectivity index (χ4n) is 1.30. The van der Waals surface area contributed by atoms with Gasteiger partial charge in [-0.1, -0.05) is 51.0 Å². The normalized spacial score (nSPS) is 12.2. The molecule has 0 spiro atoms. The van der Waals surface area contributed by atoms with Crippen molar-refractivity contribution in [2.45, 2.75) is 40.0 Å². The second-order valence-corrected chi connectivity index (χ2v) is 3.14. The summed E-state index contributed by atoms with van der Waals surface area (Å²) in [6.07, 6.45) is 7.80. The predicted octanol–water partition coefficient (Wildman–Crippen LogP) is 3.95. The molecule has 0 radical (unpaired) electrons. The molecule has 0 unspecified atom stereocenters. The van der Waals surface area contributed by atoms with Gasteiger partial charge in [0, 0.05) is 0 Å². The van der Waals surface area contributed by atoms with Gasteiger partial charge in [0.15, 0.2) is 0 Å². The van der Waals surface area contributed by atoms with Gasteiger partial charge in [-0.25, -0.2) is 0 Å². The van der Waals surface area contributed by atoms with Crippen molar-refractivity contribution in [1.82, 2.24) is 0 Å². The highest BCUT2D eigenvalue weighted by Gasteiger charge is 2.02. The molecule has 0 saturated heterocycles. The topological polar surface area (TPSA) is 0 Å². The van der Waals surface area contributed by atoms with Crippen molar-refractivity contribution in [2.24, 2.45) is 5.92 Å². The van der Waals surface area contributed by atoms with E-state index in [1.165, 1.54) is 24.8 Å². The van der Waals surface area contributed by atoms with E-state index < -0.39 is 0 Å². The molecule has 64 valence electrons. The number of rotatable bonds is 5. The van der Waals surface area contributed by atoms with E-state index in [0.717, 1.165) is 5.92 Å². The Morgan fingerprint density at radius 3 is 2.27 bits per heavy atom. The predicted molar refractivity (Wildman–Crippen MR) is 52.6 cm³/mol. The number of hydrogen-bond donors (Lipinski definition) is 0. The zero-order chi connectivity index (χ0) is 8.69. The highest BCUT2D eigenvalue weighted by atomic mass is 14.1. The molecule has 0 fully saturated rings. The SMILES string of the molecule is C=CC=C(C)CC(CC)CC. The number of hydrogen-bond acceptors (Lipinski definition) is 0. The van der Waals surface area contributed by atoms with Gasteiger partial charge in [-0.3, -0.25) is 0 Å². The summed E-state index contributed by atoms with van der Waals surface area (Å²) in [7, 11) is 0. The van der Waals surface area contributed by atoms with Crippen LogP contribution in [0.2, 0.25) is 0 Å². The van der Waals surface area contributed by atoms with Gasteiger partial charge >= 0.3 is 0 Å². The van der Waals surface area contributed by atoms with Crippen LogP contribution in [0.4, 0.5) is 0 Å². The van der Waals surface area contributed by atoms with Crippen LogP contribution in [0.25, 0.3) is 0 Å². The minimum absolute atomic E-state index is 0.867. The quantitative estimate of drug-likeness (QED) is 0.523. The molecule has 0 nitrogen and oxygen atoms in total. The van der Waals surface area contributed by atoms with E-state index in [-0.39, 0.29) is 0 Å². The highest BCUT2D eigenvalue weighted by molar-refractivity contribution is 5.08. The molecule has 0 bridgehead atoms. The average molecular weight is 152 g/mol. The first kappa shape index (κ1) is 10.5. The molecule has 0 aliphatic rings. The minimum Gasteiger partial charge on any atom is -0.0991 e. The second kappa shape index (κ2) is 6.21. The van der Waals surface area contributed by atoms with Crippen LogP contribution < -0.4 is 0 Å². The van der Waals surface area contributed by atoms with Gasteiger partial charge in [0.1, 0.15) is 0 Å². The van der Waals surface area contributed by atoms with Crippen LogP contribution in [0.5, 0.6) is 0 Å². The van der Waals surface area contributed by atoms with Gasteiger partial charge in [-0.05, 0) is 19.3 Å². The van der Waals surface area contributed by atoms with Crippen LogP contribution in [-0.4, -0.2) is 0 Å². The fraction of sp³-hybridized carbons (Fsp3) is 0.636. The van der Waals surface area contributed by atoms with E-state index in [0.29, 0.717) is 0 Å². The Bertz CT molecular complexity index is 127. The molecule has 0 aromatic rings. The molecule has 0 saturated carbocycles. The van der Waals surface area contributed by atoms with Gasteiger partial charge in [0.2, 0.25) is 0 Å². The van der Waals surface area contributed by atoms with Crippen molar-refractivity contribution in [1.29, 1.82) is 0 Å². The molecule has 0 atom stereocenters. The molecule has 0 N–H and O–H groups in total. The lowest BCUT2D eigenvalue weighted by Crippen LogP contribution is -1.96. The standard InChI is InChI=1S/C11H20/c1-5-8-10(4)9-11(6-2)7-3/h5,8,11H,1,6-7,9H2,2-4H3. The minimum atomic E-state index is 0.867. The molecule has 0 aliphatic heterocycles. The summed E-state index contributed by atoms with van der Waals surface area (Å²) in [6.45, 7) is 10.4. The Kier molecular flexibility index (Phi) is 5.91. The third kappa shape index (κ3) is 4.83. The van der Waals surface area contributed by atoms with Gasteiger partial charge in [0.05, 0.1) is 0 Å². The van der Waals surface area contributed by atoms with Crippen LogP contribution in [-0.2, 0) is 0 Å². The van der Waals surface area contributed by atoms with Crippen LogP contribution >= 0.6 is 0 Å². The van der Waals surface area contributed by atoms with Crippen molar-refractivity contribution in [3.63, 3.8) is 0 Å². The molecule has 11 heavy (non-hydrogen) atoms. The molecular formula is C11H20. The lowest BCUT2D eigenvalue weighted by atomic mass is 9.95. The third-order valence-corrected chi connectivity index (χ3v) is 2.17. The zero-order valence-corrected chi connectivity index (χ0v) is 8.06. The Labute approximate surface area is 71.0 Å². The van der Waals surface area contributed by atoms with Crippen molar-refractivity contribution in [3.05, 3.63) is 24.3 Å². The first-order valence-electron chi connectivity index (χ1n) is 4.52. The maximum Gasteiger partial charge on any atom is -0.0292 e. The van der Waals surface area contributed by atoms with Crippen LogP contribution in [0.3, 0.4) is 0 Å². The fourth-order valence-corrected chi connectivity index (χ4v) is 1.30. The Morgan fingerprint density at radius 2 is 1.91 bits per heavy atom. The van der Waals surface area contributed by atoms with Gasteiger partial charge in [0.25, 0.3) is 0 Å². The zero-order valence-electron chi connectivity index (χ0n) is 8.06. The van der Waals surface area contributed by atoms with Crippen LogP contribution in [0.1, 0.15) is 40.0 Å². The van der Waals surface area contributed by atoms with E-state index in [4.69, 9.17) is 0 Å². The molecule has 0 amide bonds. The summed E-state index contributed by atoms with van der Waals surface area (Å²) in [6, 6.07) is 0. The van der Waals surface area contributed by atoms with Crippen molar-refractivity contribution >= 4 is 0 Å². The maximum absolute atomic E-state index is 3.68. The van der Waals surface area contributed by atoms with Gasteiger partial charge in [-0.15, -0.1) is 0 Å². The van der Waals surface area contributed by atoms with Crippen molar-refractivity contribution in [3.8, 4) is 0 Å². The largest absolute Gasteiger partial charge is 0.0991 e.